The van der Waals surface area contributed by atoms with E-state index in [0.717, 1.165) is 31.6 Å². The van der Waals surface area contributed by atoms with Gasteiger partial charge in [-0.2, -0.15) is 0 Å². The van der Waals surface area contributed by atoms with Crippen LogP contribution >= 0.6 is 0 Å². The van der Waals surface area contributed by atoms with Crippen molar-refractivity contribution in [3.63, 3.8) is 0 Å². The summed E-state index contributed by atoms with van der Waals surface area (Å²) in [6.07, 6.45) is 2.02. The highest BCUT2D eigenvalue weighted by Crippen LogP contribution is 2.16. The lowest BCUT2D eigenvalue weighted by Crippen LogP contribution is -2.46. The van der Waals surface area contributed by atoms with Gasteiger partial charge in [0.15, 0.2) is 11.6 Å². The first-order valence-electron chi connectivity index (χ1n) is 7.30. The molecule has 122 valence electrons. The largest absolute Gasteiger partial charge is 0.492 e. The van der Waals surface area contributed by atoms with E-state index in [1.54, 1.807) is 0 Å². The summed E-state index contributed by atoms with van der Waals surface area (Å²) in [5.41, 5.74) is 0. The second-order valence-corrected chi connectivity index (χ2v) is 5.16. The van der Waals surface area contributed by atoms with Crippen molar-refractivity contribution in [1.82, 2.24) is 10.6 Å². The number of urea groups is 1. The number of hydrogen-bond donors (Lipinski definition) is 2. The molecule has 2 rings (SSSR count). The molecule has 1 aliphatic rings. The molecule has 0 bridgehead atoms. The maximum atomic E-state index is 13.0. The third-order valence-corrected chi connectivity index (χ3v) is 3.43. The molecule has 0 aliphatic carbocycles. The summed E-state index contributed by atoms with van der Waals surface area (Å²) >= 11 is 0. The quantitative estimate of drug-likeness (QED) is 0.792. The number of carbonyl (C=O) groups is 1. The van der Waals surface area contributed by atoms with Crippen LogP contribution < -0.4 is 15.4 Å². The lowest BCUT2D eigenvalue weighted by molar-refractivity contribution is 0.0860. The van der Waals surface area contributed by atoms with E-state index in [1.807, 2.05) is 6.92 Å². The molecule has 0 aromatic heterocycles. The van der Waals surface area contributed by atoms with E-state index in [0.29, 0.717) is 0 Å². The van der Waals surface area contributed by atoms with Crippen molar-refractivity contribution in [3.05, 3.63) is 29.8 Å². The van der Waals surface area contributed by atoms with E-state index in [4.69, 9.17) is 9.47 Å². The average molecular weight is 314 g/mol. The van der Waals surface area contributed by atoms with E-state index < -0.39 is 11.6 Å². The molecule has 1 aliphatic heterocycles. The second-order valence-electron chi connectivity index (χ2n) is 5.16. The molecule has 0 radical (unpaired) electrons. The van der Waals surface area contributed by atoms with Crippen LogP contribution in [-0.4, -0.2) is 37.9 Å². The highest BCUT2D eigenvalue weighted by Gasteiger charge is 2.23. The number of ether oxygens (including phenoxy) is 2. The summed E-state index contributed by atoms with van der Waals surface area (Å²) in [7, 11) is 0. The van der Waals surface area contributed by atoms with E-state index in [1.165, 1.54) is 6.07 Å². The maximum Gasteiger partial charge on any atom is 0.315 e. The summed E-state index contributed by atoms with van der Waals surface area (Å²) in [4.78, 5) is 11.7. The molecule has 1 heterocycles. The SMILES string of the molecule is C[C@H](NC(=O)NCCOc1ccc(F)c(F)c1)[C@@H]1CCCO1. The predicted molar refractivity (Wildman–Crippen MR) is 76.8 cm³/mol. The summed E-state index contributed by atoms with van der Waals surface area (Å²) in [6.45, 7) is 3.05. The highest BCUT2D eigenvalue weighted by molar-refractivity contribution is 5.74. The van der Waals surface area contributed by atoms with E-state index >= 15 is 0 Å². The van der Waals surface area contributed by atoms with Gasteiger partial charge in [0, 0.05) is 12.7 Å². The fourth-order valence-corrected chi connectivity index (χ4v) is 2.25. The van der Waals surface area contributed by atoms with Crippen LogP contribution in [0, 0.1) is 11.6 Å². The zero-order valence-corrected chi connectivity index (χ0v) is 12.4. The molecule has 2 amide bonds. The first-order chi connectivity index (χ1) is 10.6. The Hall–Kier alpha value is -1.89. The molecule has 0 unspecified atom stereocenters. The molecule has 1 fully saturated rings. The number of benzene rings is 1. The lowest BCUT2D eigenvalue weighted by atomic mass is 10.1. The Bertz CT molecular complexity index is 508. The first-order valence-corrected chi connectivity index (χ1v) is 7.30. The molecule has 5 nitrogen and oxygen atoms in total. The molecule has 7 heteroatoms. The Kier molecular flexibility index (Phi) is 5.94. The van der Waals surface area contributed by atoms with Crippen LogP contribution in [0.5, 0.6) is 5.75 Å². The minimum atomic E-state index is -0.964. The van der Waals surface area contributed by atoms with Crippen LogP contribution in [0.1, 0.15) is 19.8 Å². The summed E-state index contributed by atoms with van der Waals surface area (Å²) in [5, 5.41) is 5.43. The van der Waals surface area contributed by atoms with Gasteiger partial charge in [0.05, 0.1) is 18.7 Å². The van der Waals surface area contributed by atoms with Gasteiger partial charge in [0.2, 0.25) is 0 Å². The normalized spacial score (nSPS) is 18.8. The molecule has 22 heavy (non-hydrogen) atoms. The summed E-state index contributed by atoms with van der Waals surface area (Å²) in [5.74, 6) is -1.67. The van der Waals surface area contributed by atoms with Gasteiger partial charge in [0.25, 0.3) is 0 Å². The van der Waals surface area contributed by atoms with Crippen LogP contribution in [0.4, 0.5) is 13.6 Å². The van der Waals surface area contributed by atoms with E-state index in [9.17, 15) is 13.6 Å². The average Bonchev–Trinajstić information content (AvgIpc) is 3.01. The first kappa shape index (κ1) is 16.5. The second kappa shape index (κ2) is 7.93. The topological polar surface area (TPSA) is 59.6 Å². The van der Waals surface area contributed by atoms with Gasteiger partial charge in [-0.05, 0) is 31.9 Å². The van der Waals surface area contributed by atoms with Crippen molar-refractivity contribution < 1.29 is 23.0 Å². The monoisotopic (exact) mass is 314 g/mol. The highest BCUT2D eigenvalue weighted by atomic mass is 19.2. The molecule has 1 aromatic rings. The molecular formula is C15H20F2N2O3. The Morgan fingerprint density at radius 3 is 2.95 bits per heavy atom. The van der Waals surface area contributed by atoms with Crippen LogP contribution in [0.15, 0.2) is 18.2 Å². The molecule has 1 saturated heterocycles. The van der Waals surface area contributed by atoms with Crippen molar-refractivity contribution in [2.75, 3.05) is 19.8 Å². The fraction of sp³-hybridized carbons (Fsp3) is 0.533. The molecule has 1 aromatic carbocycles. The summed E-state index contributed by atoms with van der Waals surface area (Å²) in [6, 6.07) is 2.92. The van der Waals surface area contributed by atoms with Crippen molar-refractivity contribution >= 4 is 6.03 Å². The van der Waals surface area contributed by atoms with E-state index in [2.05, 4.69) is 10.6 Å². The zero-order chi connectivity index (χ0) is 15.9. The minimum absolute atomic E-state index is 0.0594. The number of rotatable bonds is 6. The number of nitrogens with one attached hydrogen (secondary N) is 2. The van der Waals surface area contributed by atoms with Gasteiger partial charge in [-0.3, -0.25) is 0 Å². The number of amides is 2. The van der Waals surface area contributed by atoms with Gasteiger partial charge in [-0.25, -0.2) is 13.6 Å². The Morgan fingerprint density at radius 2 is 2.27 bits per heavy atom. The predicted octanol–water partition coefficient (Wildman–Crippen LogP) is 2.21. The molecule has 2 atom stereocenters. The van der Waals surface area contributed by atoms with Crippen molar-refractivity contribution in [2.24, 2.45) is 0 Å². The number of halogens is 2. The zero-order valence-electron chi connectivity index (χ0n) is 12.4. The standard InChI is InChI=1S/C15H20F2N2O3/c1-10(14-3-2-7-22-14)19-15(20)18-6-8-21-11-4-5-12(16)13(17)9-11/h4-5,9-10,14H,2-3,6-8H2,1H3,(H2,18,19,20)/t10-,14-/m0/s1. The Labute approximate surface area is 128 Å². The molecular weight excluding hydrogens is 294 g/mol. The summed E-state index contributed by atoms with van der Waals surface area (Å²) < 4.78 is 36.4. The molecule has 0 spiro atoms. The minimum Gasteiger partial charge on any atom is -0.492 e. The van der Waals surface area contributed by atoms with Crippen LogP contribution in [-0.2, 0) is 4.74 Å². The van der Waals surface area contributed by atoms with Crippen LogP contribution in [0.2, 0.25) is 0 Å². The van der Waals surface area contributed by atoms with Gasteiger partial charge in [-0.15, -0.1) is 0 Å². The number of carbonyl (C=O) groups excluding carboxylic acids is 1. The van der Waals surface area contributed by atoms with Gasteiger partial charge >= 0.3 is 6.03 Å². The maximum absolute atomic E-state index is 13.0. The van der Waals surface area contributed by atoms with Crippen molar-refractivity contribution in [1.29, 1.82) is 0 Å². The van der Waals surface area contributed by atoms with Crippen molar-refractivity contribution in [3.8, 4) is 5.75 Å². The van der Waals surface area contributed by atoms with Gasteiger partial charge < -0.3 is 20.1 Å². The third kappa shape index (κ3) is 4.84. The Balaban J connectivity index is 1.63. The third-order valence-electron chi connectivity index (χ3n) is 3.43. The smallest absolute Gasteiger partial charge is 0.315 e. The molecule has 2 N–H and O–H groups in total. The van der Waals surface area contributed by atoms with Crippen molar-refractivity contribution in [2.45, 2.75) is 31.9 Å². The fourth-order valence-electron chi connectivity index (χ4n) is 2.25. The molecule has 0 saturated carbocycles. The van der Waals surface area contributed by atoms with Gasteiger partial charge in [0.1, 0.15) is 12.4 Å². The Morgan fingerprint density at radius 1 is 1.45 bits per heavy atom. The van der Waals surface area contributed by atoms with Crippen LogP contribution in [0.25, 0.3) is 0 Å². The van der Waals surface area contributed by atoms with Gasteiger partial charge in [-0.1, -0.05) is 0 Å². The lowest BCUT2D eigenvalue weighted by Gasteiger charge is -2.20. The number of hydrogen-bond acceptors (Lipinski definition) is 3. The van der Waals surface area contributed by atoms with E-state index in [-0.39, 0.29) is 37.1 Å². The van der Waals surface area contributed by atoms with Crippen LogP contribution in [0.3, 0.4) is 0 Å².